The second-order valence-electron chi connectivity index (χ2n) is 3.82. The Bertz CT molecular complexity index is 430. The first-order chi connectivity index (χ1) is 7.61. The molecule has 0 bridgehead atoms. The van der Waals surface area contributed by atoms with Crippen LogP contribution in [0.2, 0.25) is 0 Å². The first kappa shape index (κ1) is 11.8. The van der Waals surface area contributed by atoms with E-state index >= 15 is 0 Å². The number of hydrogen-bond donors (Lipinski definition) is 1. The standard InChI is InChI=1S/C11H12BrFN2S/c12-9-7(11(14)16)3-4-8(10(9)13)15-5-1-2-6-15/h3-4H,1-2,5-6H2,(H2,14,16). The maximum Gasteiger partial charge on any atom is 0.161 e. The van der Waals surface area contributed by atoms with Gasteiger partial charge in [0.15, 0.2) is 5.82 Å². The highest BCUT2D eigenvalue weighted by atomic mass is 79.9. The number of thiocarbonyl (C=S) groups is 1. The van der Waals surface area contributed by atoms with Gasteiger partial charge in [-0.2, -0.15) is 0 Å². The SMILES string of the molecule is NC(=S)c1ccc(N2CCCC2)c(F)c1Br. The molecule has 0 saturated carbocycles. The maximum absolute atomic E-state index is 14.1. The van der Waals surface area contributed by atoms with Crippen LogP contribution in [0.1, 0.15) is 18.4 Å². The lowest BCUT2D eigenvalue weighted by atomic mass is 10.2. The molecule has 2 nitrogen and oxygen atoms in total. The average Bonchev–Trinajstić information content (AvgIpc) is 2.74. The fourth-order valence-electron chi connectivity index (χ4n) is 1.93. The number of halogens is 2. The van der Waals surface area contributed by atoms with Crippen molar-refractivity contribution in [3.8, 4) is 0 Å². The molecule has 0 aliphatic carbocycles. The fraction of sp³-hybridized carbons (Fsp3) is 0.364. The summed E-state index contributed by atoms with van der Waals surface area (Å²) in [5.41, 5.74) is 6.69. The Labute approximate surface area is 108 Å². The Balaban J connectivity index is 2.41. The molecule has 0 radical (unpaired) electrons. The number of rotatable bonds is 2. The van der Waals surface area contributed by atoms with Crippen LogP contribution in [0.25, 0.3) is 0 Å². The Kier molecular flexibility index (Phi) is 3.44. The number of nitrogens with two attached hydrogens (primary N) is 1. The zero-order valence-electron chi connectivity index (χ0n) is 8.67. The van der Waals surface area contributed by atoms with Crippen molar-refractivity contribution in [3.05, 3.63) is 28.0 Å². The summed E-state index contributed by atoms with van der Waals surface area (Å²) in [7, 11) is 0. The average molecular weight is 303 g/mol. The highest BCUT2D eigenvalue weighted by Crippen LogP contribution is 2.31. The van der Waals surface area contributed by atoms with Gasteiger partial charge in [-0.25, -0.2) is 4.39 Å². The van der Waals surface area contributed by atoms with Gasteiger partial charge in [0.1, 0.15) is 4.99 Å². The Morgan fingerprint density at radius 3 is 2.56 bits per heavy atom. The number of nitrogens with zero attached hydrogens (tertiary/aromatic N) is 1. The molecule has 16 heavy (non-hydrogen) atoms. The second kappa shape index (κ2) is 4.67. The van der Waals surface area contributed by atoms with Gasteiger partial charge in [0, 0.05) is 18.7 Å². The van der Waals surface area contributed by atoms with Gasteiger partial charge >= 0.3 is 0 Å². The van der Waals surface area contributed by atoms with Crippen LogP contribution < -0.4 is 10.6 Å². The van der Waals surface area contributed by atoms with E-state index < -0.39 is 0 Å². The van der Waals surface area contributed by atoms with Gasteiger partial charge < -0.3 is 10.6 Å². The number of hydrogen-bond acceptors (Lipinski definition) is 2. The van der Waals surface area contributed by atoms with Crippen molar-refractivity contribution in [1.82, 2.24) is 0 Å². The van der Waals surface area contributed by atoms with Crippen LogP contribution in [0, 0.1) is 5.82 Å². The molecule has 5 heteroatoms. The summed E-state index contributed by atoms with van der Waals surface area (Å²) in [6.07, 6.45) is 2.24. The summed E-state index contributed by atoms with van der Waals surface area (Å²) in [6.45, 7) is 1.82. The van der Waals surface area contributed by atoms with Gasteiger partial charge in [-0.15, -0.1) is 0 Å². The minimum Gasteiger partial charge on any atom is -0.389 e. The first-order valence-corrected chi connectivity index (χ1v) is 6.34. The van der Waals surface area contributed by atoms with Crippen LogP contribution in [-0.2, 0) is 0 Å². The van der Waals surface area contributed by atoms with Crippen molar-refractivity contribution in [1.29, 1.82) is 0 Å². The maximum atomic E-state index is 14.1. The highest BCUT2D eigenvalue weighted by Gasteiger charge is 2.19. The molecule has 0 atom stereocenters. The van der Waals surface area contributed by atoms with E-state index in [9.17, 15) is 4.39 Å². The third kappa shape index (κ3) is 2.06. The zero-order valence-corrected chi connectivity index (χ0v) is 11.1. The van der Waals surface area contributed by atoms with Gasteiger partial charge in [-0.1, -0.05) is 12.2 Å². The van der Waals surface area contributed by atoms with Crippen LogP contribution in [0.3, 0.4) is 0 Å². The van der Waals surface area contributed by atoms with E-state index in [0.29, 0.717) is 15.7 Å². The van der Waals surface area contributed by atoms with Gasteiger partial charge in [-0.05, 0) is 40.9 Å². The van der Waals surface area contributed by atoms with E-state index in [4.69, 9.17) is 18.0 Å². The summed E-state index contributed by atoms with van der Waals surface area (Å²) in [4.78, 5) is 2.25. The topological polar surface area (TPSA) is 29.3 Å². The molecule has 0 spiro atoms. The minimum absolute atomic E-state index is 0.207. The van der Waals surface area contributed by atoms with E-state index in [2.05, 4.69) is 15.9 Å². The van der Waals surface area contributed by atoms with Gasteiger partial charge in [0.05, 0.1) is 10.2 Å². The van der Waals surface area contributed by atoms with Crippen molar-refractivity contribution >= 4 is 38.8 Å². The van der Waals surface area contributed by atoms with Crippen LogP contribution >= 0.6 is 28.1 Å². The summed E-state index contributed by atoms with van der Waals surface area (Å²) in [5, 5.41) is 0. The van der Waals surface area contributed by atoms with Crippen molar-refractivity contribution in [3.63, 3.8) is 0 Å². The molecule has 1 aromatic carbocycles. The number of benzene rings is 1. The third-order valence-corrected chi connectivity index (χ3v) is 3.77. The van der Waals surface area contributed by atoms with E-state index in [1.54, 1.807) is 12.1 Å². The molecule has 86 valence electrons. The van der Waals surface area contributed by atoms with Gasteiger partial charge in [0.25, 0.3) is 0 Å². The molecule has 0 unspecified atom stereocenters. The normalized spacial score (nSPS) is 15.5. The minimum atomic E-state index is -0.271. The van der Waals surface area contributed by atoms with E-state index in [-0.39, 0.29) is 10.8 Å². The predicted molar refractivity (Wildman–Crippen MR) is 71.4 cm³/mol. The summed E-state index contributed by atoms with van der Waals surface area (Å²) >= 11 is 8.06. The quantitative estimate of drug-likeness (QED) is 0.852. The third-order valence-electron chi connectivity index (χ3n) is 2.77. The fourth-order valence-corrected chi connectivity index (χ4v) is 2.78. The molecular formula is C11H12BrFN2S. The lowest BCUT2D eigenvalue weighted by Crippen LogP contribution is -2.20. The van der Waals surface area contributed by atoms with Gasteiger partial charge in [0.2, 0.25) is 0 Å². The molecule has 1 saturated heterocycles. The van der Waals surface area contributed by atoms with Crippen LogP contribution in [0.15, 0.2) is 16.6 Å². The second-order valence-corrected chi connectivity index (χ2v) is 5.05. The lowest BCUT2D eigenvalue weighted by Gasteiger charge is -2.19. The summed E-state index contributed by atoms with van der Waals surface area (Å²) < 4.78 is 14.4. The van der Waals surface area contributed by atoms with Crippen molar-refractivity contribution in [2.24, 2.45) is 5.73 Å². The van der Waals surface area contributed by atoms with Crippen molar-refractivity contribution in [2.45, 2.75) is 12.8 Å². The lowest BCUT2D eigenvalue weighted by molar-refractivity contribution is 0.616. The molecule has 1 heterocycles. The Morgan fingerprint density at radius 1 is 1.38 bits per heavy atom. The van der Waals surface area contributed by atoms with Crippen LogP contribution in [0.5, 0.6) is 0 Å². The molecule has 2 rings (SSSR count). The van der Waals surface area contributed by atoms with E-state index in [1.807, 2.05) is 4.90 Å². The highest BCUT2D eigenvalue weighted by molar-refractivity contribution is 9.10. The monoisotopic (exact) mass is 302 g/mol. The first-order valence-electron chi connectivity index (χ1n) is 5.14. The summed E-state index contributed by atoms with van der Waals surface area (Å²) in [6, 6.07) is 3.52. The van der Waals surface area contributed by atoms with Crippen molar-refractivity contribution in [2.75, 3.05) is 18.0 Å². The van der Waals surface area contributed by atoms with E-state index in [0.717, 1.165) is 25.9 Å². The molecular weight excluding hydrogens is 291 g/mol. The zero-order chi connectivity index (χ0) is 11.7. The van der Waals surface area contributed by atoms with Crippen LogP contribution in [-0.4, -0.2) is 18.1 Å². The predicted octanol–water partition coefficient (Wildman–Crippen LogP) is 2.82. The molecule has 0 amide bonds. The Hall–Kier alpha value is -0.680. The Morgan fingerprint density at radius 2 is 2.00 bits per heavy atom. The molecule has 1 fully saturated rings. The van der Waals surface area contributed by atoms with Crippen molar-refractivity contribution < 1.29 is 4.39 Å². The molecule has 1 aliphatic rings. The molecule has 1 aromatic rings. The van der Waals surface area contributed by atoms with Crippen LogP contribution in [0.4, 0.5) is 10.1 Å². The largest absolute Gasteiger partial charge is 0.389 e. The van der Waals surface area contributed by atoms with Gasteiger partial charge in [-0.3, -0.25) is 0 Å². The van der Waals surface area contributed by atoms with E-state index in [1.165, 1.54) is 0 Å². The summed E-state index contributed by atoms with van der Waals surface area (Å²) in [5.74, 6) is -0.271. The smallest absolute Gasteiger partial charge is 0.161 e. The molecule has 2 N–H and O–H groups in total. The number of anilines is 1. The molecule has 1 aliphatic heterocycles. The molecule has 0 aromatic heterocycles.